The molecule has 1 aromatic rings. The van der Waals surface area contributed by atoms with Crippen molar-refractivity contribution in [2.75, 3.05) is 32.7 Å². The Hall–Kier alpha value is -1.64. The van der Waals surface area contributed by atoms with Gasteiger partial charge >= 0.3 is 6.18 Å². The summed E-state index contributed by atoms with van der Waals surface area (Å²) in [7, 11) is 0. The Bertz CT molecular complexity index is 596. The highest BCUT2D eigenvalue weighted by atomic mass is 19.4. The number of carbonyl (C=O) groups excluding carboxylic acids is 1. The summed E-state index contributed by atoms with van der Waals surface area (Å²) < 4.78 is 38.7. The fourth-order valence-corrected chi connectivity index (χ4v) is 3.07. The predicted octanol–water partition coefficient (Wildman–Crippen LogP) is 2.08. The van der Waals surface area contributed by atoms with Crippen molar-refractivity contribution in [3.8, 4) is 0 Å². The summed E-state index contributed by atoms with van der Waals surface area (Å²) >= 11 is 0. The maximum Gasteiger partial charge on any atom is 0.416 e. The van der Waals surface area contributed by atoms with Crippen LogP contribution in [0.3, 0.4) is 0 Å². The van der Waals surface area contributed by atoms with E-state index in [0.29, 0.717) is 18.0 Å². The van der Waals surface area contributed by atoms with Gasteiger partial charge in [-0.2, -0.15) is 13.2 Å². The van der Waals surface area contributed by atoms with Crippen molar-refractivity contribution < 1.29 is 18.0 Å². The van der Waals surface area contributed by atoms with Crippen molar-refractivity contribution in [1.82, 2.24) is 15.2 Å². The molecule has 1 aliphatic heterocycles. The van der Waals surface area contributed by atoms with Crippen molar-refractivity contribution in [3.63, 3.8) is 0 Å². The van der Waals surface area contributed by atoms with Crippen LogP contribution in [0.5, 0.6) is 0 Å². The van der Waals surface area contributed by atoms with Gasteiger partial charge in [0.05, 0.1) is 5.56 Å². The first-order valence-corrected chi connectivity index (χ1v) is 8.36. The molecule has 1 aliphatic rings. The van der Waals surface area contributed by atoms with Gasteiger partial charge in [0.2, 0.25) is 0 Å². The monoisotopic (exact) mass is 358 g/mol. The molecule has 0 saturated carbocycles. The van der Waals surface area contributed by atoms with Crippen molar-refractivity contribution in [1.29, 1.82) is 0 Å². The van der Waals surface area contributed by atoms with Crippen LogP contribution in [0.4, 0.5) is 13.2 Å². The molecule has 0 bridgehead atoms. The third-order valence-electron chi connectivity index (χ3n) is 4.30. The first-order chi connectivity index (χ1) is 11.7. The Morgan fingerprint density at radius 1 is 1.20 bits per heavy atom. The quantitative estimate of drug-likeness (QED) is 0.481. The molecule has 1 heterocycles. The molecule has 1 fully saturated rings. The molecule has 1 amide bonds. The van der Waals surface area contributed by atoms with Gasteiger partial charge < -0.3 is 4.90 Å². The Labute approximate surface area is 145 Å². The summed E-state index contributed by atoms with van der Waals surface area (Å²) in [5, 5.41) is 0. The van der Waals surface area contributed by atoms with Gasteiger partial charge in [0, 0.05) is 44.8 Å². The van der Waals surface area contributed by atoms with Crippen molar-refractivity contribution in [3.05, 3.63) is 34.9 Å². The zero-order valence-electron chi connectivity index (χ0n) is 14.6. The van der Waals surface area contributed by atoms with E-state index in [1.165, 1.54) is 6.07 Å². The number of hydrogen-bond donors (Lipinski definition) is 2. The minimum Gasteiger partial charge on any atom is -0.301 e. The predicted molar refractivity (Wildman–Crippen MR) is 89.7 cm³/mol. The van der Waals surface area contributed by atoms with Crippen LogP contribution in [0.25, 0.3) is 0 Å². The molecule has 2 rings (SSSR count). The molecule has 5 nitrogen and oxygen atoms in total. The highest BCUT2D eigenvalue weighted by Gasteiger charge is 2.32. The molecule has 25 heavy (non-hydrogen) atoms. The summed E-state index contributed by atoms with van der Waals surface area (Å²) in [6.45, 7) is 9.27. The highest BCUT2D eigenvalue weighted by molar-refractivity contribution is 5.95. The number of halogens is 3. The van der Waals surface area contributed by atoms with Crippen molar-refractivity contribution >= 4 is 5.91 Å². The topological polar surface area (TPSA) is 61.6 Å². The van der Waals surface area contributed by atoms with Crippen LogP contribution in [0.15, 0.2) is 18.2 Å². The van der Waals surface area contributed by atoms with Crippen LogP contribution in [0, 0.1) is 5.92 Å². The number of nitrogens with one attached hydrogen (secondary N) is 1. The summed E-state index contributed by atoms with van der Waals surface area (Å²) in [6.07, 6.45) is -4.50. The fourth-order valence-electron chi connectivity index (χ4n) is 3.07. The number of piperazine rings is 1. The van der Waals surface area contributed by atoms with E-state index in [1.54, 1.807) is 0 Å². The number of hydrazine groups is 1. The number of nitrogen functional groups attached to an aromatic ring is 1. The number of carbonyl (C=O) groups is 1. The summed E-state index contributed by atoms with van der Waals surface area (Å²) in [4.78, 5) is 16.4. The Morgan fingerprint density at radius 3 is 2.32 bits per heavy atom. The van der Waals surface area contributed by atoms with Crippen LogP contribution < -0.4 is 11.3 Å². The van der Waals surface area contributed by atoms with E-state index in [1.807, 2.05) is 5.43 Å². The maximum absolute atomic E-state index is 12.9. The number of benzene rings is 1. The summed E-state index contributed by atoms with van der Waals surface area (Å²) in [5.41, 5.74) is 1.61. The lowest BCUT2D eigenvalue weighted by Gasteiger charge is -2.35. The lowest BCUT2D eigenvalue weighted by Crippen LogP contribution is -2.47. The van der Waals surface area contributed by atoms with Gasteiger partial charge in [0.15, 0.2) is 0 Å². The molecule has 8 heteroatoms. The molecule has 0 unspecified atom stereocenters. The SMILES string of the molecule is CC(C)CN1CCN(Cc2ccc(C(F)(F)F)cc2C(=O)NN)CC1. The number of alkyl halides is 3. The van der Waals surface area contributed by atoms with Gasteiger partial charge in [0.1, 0.15) is 0 Å². The van der Waals surface area contributed by atoms with Gasteiger partial charge in [-0.1, -0.05) is 19.9 Å². The number of nitrogens with zero attached hydrogens (tertiary/aromatic N) is 2. The zero-order chi connectivity index (χ0) is 18.6. The number of hydrogen-bond acceptors (Lipinski definition) is 4. The second-order valence-corrected chi connectivity index (χ2v) is 6.81. The van der Waals surface area contributed by atoms with Gasteiger partial charge in [0.25, 0.3) is 5.91 Å². The molecule has 3 N–H and O–H groups in total. The second-order valence-electron chi connectivity index (χ2n) is 6.81. The number of amides is 1. The van der Waals surface area contributed by atoms with Gasteiger partial charge in [-0.25, -0.2) is 5.84 Å². The van der Waals surface area contributed by atoms with Crippen LogP contribution >= 0.6 is 0 Å². The average Bonchev–Trinajstić information content (AvgIpc) is 2.54. The fraction of sp³-hybridized carbons (Fsp3) is 0.588. The van der Waals surface area contributed by atoms with E-state index in [0.717, 1.165) is 44.9 Å². The van der Waals surface area contributed by atoms with Crippen LogP contribution in [-0.2, 0) is 12.7 Å². The van der Waals surface area contributed by atoms with E-state index in [4.69, 9.17) is 5.84 Å². The molecule has 0 aliphatic carbocycles. The zero-order valence-corrected chi connectivity index (χ0v) is 14.6. The van der Waals surface area contributed by atoms with Crippen LogP contribution in [-0.4, -0.2) is 48.4 Å². The molecule has 0 radical (unpaired) electrons. The van der Waals surface area contributed by atoms with Crippen LogP contribution in [0.2, 0.25) is 0 Å². The van der Waals surface area contributed by atoms with E-state index in [9.17, 15) is 18.0 Å². The molecule has 140 valence electrons. The van der Waals surface area contributed by atoms with E-state index >= 15 is 0 Å². The summed E-state index contributed by atoms with van der Waals surface area (Å²) in [5.74, 6) is 5.02. The molecule has 1 aromatic carbocycles. The minimum absolute atomic E-state index is 0.0260. The average molecular weight is 358 g/mol. The van der Waals surface area contributed by atoms with Crippen LogP contribution in [0.1, 0.15) is 35.3 Å². The molecule has 0 spiro atoms. The van der Waals surface area contributed by atoms with Crippen molar-refractivity contribution in [2.45, 2.75) is 26.6 Å². The van der Waals surface area contributed by atoms with Gasteiger partial charge in [-0.15, -0.1) is 0 Å². The Balaban J connectivity index is 2.10. The third-order valence-corrected chi connectivity index (χ3v) is 4.30. The molecular formula is C17H25F3N4O. The standard InChI is InChI=1S/C17H25F3N4O/c1-12(2)10-23-5-7-24(8-6-23)11-13-3-4-14(17(18,19)20)9-15(13)16(25)22-21/h3-4,9,12H,5-8,10-11,21H2,1-2H3,(H,22,25). The van der Waals surface area contributed by atoms with E-state index in [-0.39, 0.29) is 5.56 Å². The second kappa shape index (κ2) is 8.16. The highest BCUT2D eigenvalue weighted by Crippen LogP contribution is 2.31. The van der Waals surface area contributed by atoms with E-state index < -0.39 is 17.6 Å². The normalized spacial score (nSPS) is 17.1. The number of nitrogens with two attached hydrogens (primary N) is 1. The Kier molecular flexibility index (Phi) is 6.42. The third kappa shape index (κ3) is 5.42. The molecular weight excluding hydrogens is 333 g/mol. The largest absolute Gasteiger partial charge is 0.416 e. The lowest BCUT2D eigenvalue weighted by atomic mass is 10.0. The molecule has 0 atom stereocenters. The number of rotatable bonds is 5. The Morgan fingerprint density at radius 2 is 1.80 bits per heavy atom. The van der Waals surface area contributed by atoms with E-state index in [2.05, 4.69) is 23.6 Å². The summed E-state index contributed by atoms with van der Waals surface area (Å²) in [6, 6.07) is 3.25. The lowest BCUT2D eigenvalue weighted by molar-refractivity contribution is -0.137. The first kappa shape index (κ1) is 19.7. The van der Waals surface area contributed by atoms with Crippen molar-refractivity contribution in [2.24, 2.45) is 11.8 Å². The van der Waals surface area contributed by atoms with Gasteiger partial charge in [-0.05, 0) is 23.6 Å². The van der Waals surface area contributed by atoms with Gasteiger partial charge in [-0.3, -0.25) is 15.1 Å². The maximum atomic E-state index is 12.9. The minimum atomic E-state index is -4.50. The first-order valence-electron chi connectivity index (χ1n) is 8.36. The smallest absolute Gasteiger partial charge is 0.301 e. The molecule has 1 saturated heterocycles. The molecule has 0 aromatic heterocycles.